The number of hydrogen-bond donors (Lipinski definition) is 1. The standard InChI is InChI=1S/C13H18N6/c1-13(2,7-14)5-3-4-6-19-9-18-10-11(15)16-8-17-12(10)19/h8-9H,3-6H2,1-2H3,(H2,15,16,17). The molecule has 0 atom stereocenters. The van der Waals surface area contributed by atoms with Gasteiger partial charge in [-0.25, -0.2) is 15.0 Å². The van der Waals surface area contributed by atoms with Crippen molar-refractivity contribution in [2.24, 2.45) is 5.41 Å². The Morgan fingerprint density at radius 2 is 2.11 bits per heavy atom. The third-order valence-electron chi connectivity index (χ3n) is 3.18. The topological polar surface area (TPSA) is 93.4 Å². The molecule has 2 aromatic heterocycles. The van der Waals surface area contributed by atoms with Crippen molar-refractivity contribution < 1.29 is 0 Å². The fourth-order valence-electron chi connectivity index (χ4n) is 1.97. The molecule has 2 rings (SSSR count). The van der Waals surface area contributed by atoms with E-state index in [-0.39, 0.29) is 5.41 Å². The number of hydrogen-bond acceptors (Lipinski definition) is 5. The van der Waals surface area contributed by atoms with Gasteiger partial charge >= 0.3 is 0 Å². The van der Waals surface area contributed by atoms with Crippen molar-refractivity contribution in [1.29, 1.82) is 5.26 Å². The first kappa shape index (κ1) is 13.3. The van der Waals surface area contributed by atoms with Crippen molar-refractivity contribution in [1.82, 2.24) is 19.5 Å². The third kappa shape index (κ3) is 2.99. The summed E-state index contributed by atoms with van der Waals surface area (Å²) >= 11 is 0. The van der Waals surface area contributed by atoms with Crippen LogP contribution in [0, 0.1) is 16.7 Å². The van der Waals surface area contributed by atoms with E-state index >= 15 is 0 Å². The molecular formula is C13H18N6. The summed E-state index contributed by atoms with van der Waals surface area (Å²) in [5, 5.41) is 8.95. The van der Waals surface area contributed by atoms with Crippen molar-refractivity contribution in [3.8, 4) is 6.07 Å². The molecule has 0 aliphatic rings. The number of nitriles is 1. The molecular weight excluding hydrogens is 240 g/mol. The van der Waals surface area contributed by atoms with Gasteiger partial charge in [-0.3, -0.25) is 0 Å². The molecule has 6 heteroatoms. The fourth-order valence-corrected chi connectivity index (χ4v) is 1.97. The van der Waals surface area contributed by atoms with Gasteiger partial charge < -0.3 is 10.3 Å². The molecule has 0 saturated carbocycles. The molecule has 2 heterocycles. The van der Waals surface area contributed by atoms with Crippen LogP contribution in [-0.4, -0.2) is 19.5 Å². The van der Waals surface area contributed by atoms with E-state index in [1.54, 1.807) is 6.33 Å². The van der Waals surface area contributed by atoms with Gasteiger partial charge in [0.05, 0.1) is 17.8 Å². The zero-order chi connectivity index (χ0) is 13.9. The van der Waals surface area contributed by atoms with E-state index in [2.05, 4.69) is 21.0 Å². The van der Waals surface area contributed by atoms with Crippen LogP contribution in [0.2, 0.25) is 0 Å². The number of aryl methyl sites for hydroxylation is 1. The molecule has 2 aromatic rings. The minimum absolute atomic E-state index is 0.246. The first-order chi connectivity index (χ1) is 9.03. The number of nitrogens with zero attached hydrogens (tertiary/aromatic N) is 5. The van der Waals surface area contributed by atoms with Gasteiger partial charge in [-0.1, -0.05) is 6.42 Å². The maximum atomic E-state index is 8.95. The predicted octanol–water partition coefficient (Wildman–Crippen LogP) is 2.13. The fraction of sp³-hybridized carbons (Fsp3) is 0.538. The number of anilines is 1. The largest absolute Gasteiger partial charge is 0.382 e. The first-order valence-corrected chi connectivity index (χ1v) is 6.36. The summed E-state index contributed by atoms with van der Waals surface area (Å²) in [6.45, 7) is 4.76. The lowest BCUT2D eigenvalue weighted by Gasteiger charge is -2.14. The molecule has 0 bridgehead atoms. The highest BCUT2D eigenvalue weighted by Gasteiger charge is 2.15. The van der Waals surface area contributed by atoms with Crippen LogP contribution in [0.4, 0.5) is 5.82 Å². The Labute approximate surface area is 112 Å². The van der Waals surface area contributed by atoms with Crippen molar-refractivity contribution >= 4 is 17.0 Å². The minimum atomic E-state index is -0.246. The second-order valence-electron chi connectivity index (χ2n) is 5.32. The average Bonchev–Trinajstić information content (AvgIpc) is 2.80. The Balaban J connectivity index is 1.96. The van der Waals surface area contributed by atoms with Crippen LogP contribution in [-0.2, 0) is 6.54 Å². The number of imidazole rings is 1. The summed E-state index contributed by atoms with van der Waals surface area (Å²) in [4.78, 5) is 12.3. The summed E-state index contributed by atoms with van der Waals surface area (Å²) in [7, 11) is 0. The lowest BCUT2D eigenvalue weighted by Crippen LogP contribution is -2.08. The number of rotatable bonds is 5. The molecule has 0 fully saturated rings. The summed E-state index contributed by atoms with van der Waals surface area (Å²) in [6, 6.07) is 2.32. The molecule has 0 aromatic carbocycles. The third-order valence-corrected chi connectivity index (χ3v) is 3.18. The number of nitrogen functional groups attached to an aromatic ring is 1. The lowest BCUT2D eigenvalue weighted by atomic mass is 9.89. The molecule has 0 aliphatic carbocycles. The maximum Gasteiger partial charge on any atom is 0.165 e. The van der Waals surface area contributed by atoms with Crippen molar-refractivity contribution in [3.05, 3.63) is 12.7 Å². The number of unbranched alkanes of at least 4 members (excludes halogenated alkanes) is 1. The van der Waals surface area contributed by atoms with Gasteiger partial charge in [-0.05, 0) is 26.7 Å². The van der Waals surface area contributed by atoms with E-state index in [4.69, 9.17) is 11.0 Å². The Bertz CT molecular complexity index is 607. The highest BCUT2D eigenvalue weighted by molar-refractivity contribution is 5.80. The van der Waals surface area contributed by atoms with Crippen molar-refractivity contribution in [2.75, 3.05) is 5.73 Å². The van der Waals surface area contributed by atoms with Gasteiger partial charge in [0, 0.05) is 6.54 Å². The molecule has 0 unspecified atom stereocenters. The molecule has 100 valence electrons. The molecule has 0 spiro atoms. The molecule has 0 aliphatic heterocycles. The van der Waals surface area contributed by atoms with E-state index in [9.17, 15) is 0 Å². The summed E-state index contributed by atoms with van der Waals surface area (Å²) in [6.07, 6.45) is 6.08. The van der Waals surface area contributed by atoms with Crippen LogP contribution >= 0.6 is 0 Å². The van der Waals surface area contributed by atoms with Crippen molar-refractivity contribution in [2.45, 2.75) is 39.7 Å². The second kappa shape index (κ2) is 5.22. The highest BCUT2D eigenvalue weighted by Crippen LogP contribution is 2.22. The molecule has 2 N–H and O–H groups in total. The Kier molecular flexibility index (Phi) is 3.65. The van der Waals surface area contributed by atoms with Gasteiger partial charge in [0.25, 0.3) is 0 Å². The number of aromatic nitrogens is 4. The zero-order valence-electron chi connectivity index (χ0n) is 11.3. The minimum Gasteiger partial charge on any atom is -0.382 e. The number of nitrogens with two attached hydrogens (primary N) is 1. The molecule has 0 amide bonds. The molecule has 6 nitrogen and oxygen atoms in total. The monoisotopic (exact) mass is 258 g/mol. The van der Waals surface area contributed by atoms with Crippen LogP contribution in [0.5, 0.6) is 0 Å². The molecule has 19 heavy (non-hydrogen) atoms. The smallest absolute Gasteiger partial charge is 0.165 e. The average molecular weight is 258 g/mol. The normalized spacial score (nSPS) is 11.6. The summed E-state index contributed by atoms with van der Waals surface area (Å²) in [5.74, 6) is 0.411. The summed E-state index contributed by atoms with van der Waals surface area (Å²) in [5.41, 5.74) is 6.91. The van der Waals surface area contributed by atoms with Gasteiger partial charge in [0.15, 0.2) is 11.5 Å². The van der Waals surface area contributed by atoms with E-state index in [0.717, 1.165) is 31.5 Å². The van der Waals surface area contributed by atoms with Crippen LogP contribution in [0.1, 0.15) is 33.1 Å². The van der Waals surface area contributed by atoms with E-state index in [1.165, 1.54) is 6.33 Å². The Hall–Kier alpha value is -2.16. The van der Waals surface area contributed by atoms with E-state index in [1.807, 2.05) is 18.4 Å². The Morgan fingerprint density at radius 3 is 2.84 bits per heavy atom. The lowest BCUT2D eigenvalue weighted by molar-refractivity contribution is 0.417. The predicted molar refractivity (Wildman–Crippen MR) is 73.0 cm³/mol. The van der Waals surface area contributed by atoms with E-state index < -0.39 is 0 Å². The maximum absolute atomic E-state index is 8.95. The van der Waals surface area contributed by atoms with Crippen LogP contribution < -0.4 is 5.73 Å². The quantitative estimate of drug-likeness (QED) is 0.829. The summed E-state index contributed by atoms with van der Waals surface area (Å²) < 4.78 is 1.98. The van der Waals surface area contributed by atoms with Gasteiger partial charge in [-0.2, -0.15) is 5.26 Å². The van der Waals surface area contributed by atoms with E-state index in [0.29, 0.717) is 11.3 Å². The first-order valence-electron chi connectivity index (χ1n) is 6.36. The molecule has 0 radical (unpaired) electrons. The number of fused-ring (bicyclic) bond motifs is 1. The highest BCUT2D eigenvalue weighted by atomic mass is 15.1. The van der Waals surface area contributed by atoms with Gasteiger partial charge in [-0.15, -0.1) is 0 Å². The molecule has 0 saturated heterocycles. The van der Waals surface area contributed by atoms with Crippen LogP contribution in [0.25, 0.3) is 11.2 Å². The Morgan fingerprint density at radius 1 is 1.32 bits per heavy atom. The second-order valence-corrected chi connectivity index (χ2v) is 5.32. The van der Waals surface area contributed by atoms with Crippen LogP contribution in [0.3, 0.4) is 0 Å². The SMILES string of the molecule is CC(C)(C#N)CCCCn1cnc2c(N)ncnc21. The van der Waals surface area contributed by atoms with Gasteiger partial charge in [0.2, 0.25) is 0 Å². The van der Waals surface area contributed by atoms with Crippen molar-refractivity contribution in [3.63, 3.8) is 0 Å². The zero-order valence-corrected chi connectivity index (χ0v) is 11.3. The van der Waals surface area contributed by atoms with Gasteiger partial charge in [0.1, 0.15) is 11.8 Å². The van der Waals surface area contributed by atoms with Crippen LogP contribution in [0.15, 0.2) is 12.7 Å².